The molecule has 15 heavy (non-hydrogen) atoms. The molecule has 0 atom stereocenters. The van der Waals surface area contributed by atoms with Gasteiger partial charge in [0.15, 0.2) is 16.0 Å². The van der Waals surface area contributed by atoms with Crippen LogP contribution in [0.2, 0.25) is 0 Å². The van der Waals surface area contributed by atoms with Gasteiger partial charge in [-0.15, -0.1) is 0 Å². The van der Waals surface area contributed by atoms with Gasteiger partial charge in [0.1, 0.15) is 0 Å². The number of rotatable bonds is 3. The van der Waals surface area contributed by atoms with E-state index in [0.717, 1.165) is 0 Å². The van der Waals surface area contributed by atoms with E-state index < -0.39 is 9.84 Å². The minimum absolute atomic E-state index is 0.0838. The minimum atomic E-state index is -3.15. The minimum Gasteiger partial charge on any atom is -0.283 e. The largest absolute Gasteiger partial charge is 0.283 e. The van der Waals surface area contributed by atoms with Crippen LogP contribution in [0.1, 0.15) is 6.92 Å². The maximum atomic E-state index is 11.5. The molecule has 0 radical (unpaired) electrons. The van der Waals surface area contributed by atoms with Crippen LogP contribution in [-0.2, 0) is 9.84 Å². The van der Waals surface area contributed by atoms with E-state index in [1.165, 1.54) is 17.0 Å². The molecule has 1 aromatic rings. The molecule has 1 rings (SSSR count). The molecule has 80 valence electrons. The van der Waals surface area contributed by atoms with Crippen molar-refractivity contribution in [3.8, 4) is 6.19 Å². The molecule has 0 aliphatic heterocycles. The fourth-order valence-electron chi connectivity index (χ4n) is 1.10. The van der Waals surface area contributed by atoms with Crippen LogP contribution < -0.4 is 4.90 Å². The summed E-state index contributed by atoms with van der Waals surface area (Å²) < 4.78 is 22.9. The maximum Gasteiger partial charge on any atom is 0.183 e. The number of hydrogen-bond donors (Lipinski definition) is 0. The first-order valence-corrected chi connectivity index (χ1v) is 6.12. The average molecular weight is 224 g/mol. The van der Waals surface area contributed by atoms with Gasteiger partial charge in [0.2, 0.25) is 0 Å². The second kappa shape index (κ2) is 4.32. The smallest absolute Gasteiger partial charge is 0.183 e. The average Bonchev–Trinajstić information content (AvgIpc) is 2.28. The van der Waals surface area contributed by atoms with Gasteiger partial charge in [-0.25, -0.2) is 8.42 Å². The summed E-state index contributed by atoms with van der Waals surface area (Å²) >= 11 is 0. The van der Waals surface area contributed by atoms with E-state index in [1.54, 1.807) is 26.1 Å². The van der Waals surface area contributed by atoms with Crippen LogP contribution in [0.25, 0.3) is 0 Å². The van der Waals surface area contributed by atoms with Gasteiger partial charge in [-0.05, 0) is 24.3 Å². The summed E-state index contributed by atoms with van der Waals surface area (Å²) in [5.41, 5.74) is 0.674. The Morgan fingerprint density at radius 2 is 1.87 bits per heavy atom. The molecule has 1 aromatic carbocycles. The molecule has 0 unspecified atom stereocenters. The Kier molecular flexibility index (Phi) is 3.32. The van der Waals surface area contributed by atoms with Gasteiger partial charge in [-0.1, -0.05) is 6.92 Å². The molecule has 0 saturated carbocycles. The van der Waals surface area contributed by atoms with Crippen molar-refractivity contribution in [3.63, 3.8) is 0 Å². The first-order chi connectivity index (χ1) is 7.01. The lowest BCUT2D eigenvalue weighted by Gasteiger charge is -2.09. The molecule has 5 heteroatoms. The van der Waals surface area contributed by atoms with E-state index in [0.29, 0.717) is 10.6 Å². The SMILES string of the molecule is CCS(=O)(=O)c1ccc(N(C)C#N)cc1. The first kappa shape index (κ1) is 11.5. The van der Waals surface area contributed by atoms with E-state index in [-0.39, 0.29) is 5.75 Å². The van der Waals surface area contributed by atoms with Crippen molar-refractivity contribution < 1.29 is 8.42 Å². The number of hydrogen-bond acceptors (Lipinski definition) is 4. The highest BCUT2D eigenvalue weighted by Gasteiger charge is 2.11. The molecule has 0 aliphatic rings. The first-order valence-electron chi connectivity index (χ1n) is 4.47. The van der Waals surface area contributed by atoms with Crippen molar-refractivity contribution in [2.45, 2.75) is 11.8 Å². The van der Waals surface area contributed by atoms with Crippen LogP contribution in [-0.4, -0.2) is 21.2 Å². The van der Waals surface area contributed by atoms with Crippen molar-refractivity contribution >= 4 is 15.5 Å². The highest BCUT2D eigenvalue weighted by Crippen LogP contribution is 2.17. The van der Waals surface area contributed by atoms with E-state index in [4.69, 9.17) is 5.26 Å². The number of anilines is 1. The molecule has 0 saturated heterocycles. The highest BCUT2D eigenvalue weighted by atomic mass is 32.2. The molecule has 0 fully saturated rings. The van der Waals surface area contributed by atoms with E-state index in [2.05, 4.69) is 0 Å². The summed E-state index contributed by atoms with van der Waals surface area (Å²) in [5, 5.41) is 8.62. The van der Waals surface area contributed by atoms with Crippen molar-refractivity contribution in [3.05, 3.63) is 24.3 Å². The zero-order valence-electron chi connectivity index (χ0n) is 8.64. The standard InChI is InChI=1S/C10H12N2O2S/c1-3-15(13,14)10-6-4-9(5-7-10)12(2)8-11/h4-7H,3H2,1-2H3. The Balaban J connectivity index is 3.07. The molecule has 0 amide bonds. The summed E-state index contributed by atoms with van der Waals surface area (Å²) in [6.07, 6.45) is 1.94. The quantitative estimate of drug-likeness (QED) is 0.575. The highest BCUT2D eigenvalue weighted by molar-refractivity contribution is 7.91. The van der Waals surface area contributed by atoms with E-state index in [1.807, 2.05) is 6.19 Å². The van der Waals surface area contributed by atoms with Crippen molar-refractivity contribution in [2.24, 2.45) is 0 Å². The Hall–Kier alpha value is -1.54. The van der Waals surface area contributed by atoms with Crippen LogP contribution in [0.4, 0.5) is 5.69 Å². The third kappa shape index (κ3) is 2.48. The van der Waals surface area contributed by atoms with Gasteiger partial charge in [0.05, 0.1) is 16.3 Å². The summed E-state index contributed by atoms with van der Waals surface area (Å²) in [7, 11) is -1.53. The molecular weight excluding hydrogens is 212 g/mol. The predicted octanol–water partition coefficient (Wildman–Crippen LogP) is 1.40. The van der Waals surface area contributed by atoms with E-state index >= 15 is 0 Å². The van der Waals surface area contributed by atoms with Gasteiger partial charge in [-0.2, -0.15) is 5.26 Å². The Morgan fingerprint density at radius 3 is 2.27 bits per heavy atom. The number of nitriles is 1. The Labute approximate surface area is 89.7 Å². The fourth-order valence-corrected chi connectivity index (χ4v) is 1.99. The molecule has 0 spiro atoms. The van der Waals surface area contributed by atoms with E-state index in [9.17, 15) is 8.42 Å². The number of nitrogens with zero attached hydrogens (tertiary/aromatic N) is 2. The monoisotopic (exact) mass is 224 g/mol. The van der Waals surface area contributed by atoms with Crippen LogP contribution in [0.5, 0.6) is 0 Å². The summed E-state index contributed by atoms with van der Waals surface area (Å²) in [5.74, 6) is 0.0838. The van der Waals surface area contributed by atoms with Gasteiger partial charge in [0.25, 0.3) is 0 Å². The third-order valence-electron chi connectivity index (χ3n) is 2.11. The van der Waals surface area contributed by atoms with Crippen molar-refractivity contribution in [2.75, 3.05) is 17.7 Å². The Bertz CT molecular complexity index is 471. The lowest BCUT2D eigenvalue weighted by molar-refractivity contribution is 0.597. The fraction of sp³-hybridized carbons (Fsp3) is 0.300. The lowest BCUT2D eigenvalue weighted by Crippen LogP contribution is -2.08. The molecule has 0 bridgehead atoms. The van der Waals surface area contributed by atoms with Crippen LogP contribution >= 0.6 is 0 Å². The van der Waals surface area contributed by atoms with Crippen LogP contribution in [0, 0.1) is 11.5 Å². The zero-order valence-corrected chi connectivity index (χ0v) is 9.45. The van der Waals surface area contributed by atoms with Crippen molar-refractivity contribution in [1.29, 1.82) is 5.26 Å². The van der Waals surface area contributed by atoms with Gasteiger partial charge in [0, 0.05) is 7.05 Å². The summed E-state index contributed by atoms with van der Waals surface area (Å²) in [6, 6.07) is 6.27. The normalized spacial score (nSPS) is 10.7. The second-order valence-corrected chi connectivity index (χ2v) is 5.33. The molecule has 0 aliphatic carbocycles. The van der Waals surface area contributed by atoms with Gasteiger partial charge >= 0.3 is 0 Å². The lowest BCUT2D eigenvalue weighted by atomic mass is 10.3. The van der Waals surface area contributed by atoms with Crippen molar-refractivity contribution in [1.82, 2.24) is 0 Å². The van der Waals surface area contributed by atoms with Gasteiger partial charge in [-0.3, -0.25) is 4.90 Å². The topological polar surface area (TPSA) is 61.2 Å². The van der Waals surface area contributed by atoms with Crippen LogP contribution in [0.15, 0.2) is 29.2 Å². The third-order valence-corrected chi connectivity index (χ3v) is 3.86. The molecular formula is C10H12N2O2S. The molecule has 4 nitrogen and oxygen atoms in total. The van der Waals surface area contributed by atoms with Crippen LogP contribution in [0.3, 0.4) is 0 Å². The summed E-state index contributed by atoms with van der Waals surface area (Å²) in [6.45, 7) is 1.60. The molecule has 0 heterocycles. The number of benzene rings is 1. The zero-order chi connectivity index (χ0) is 11.5. The predicted molar refractivity (Wildman–Crippen MR) is 58.2 cm³/mol. The molecule has 0 aromatic heterocycles. The second-order valence-electron chi connectivity index (χ2n) is 3.06. The summed E-state index contributed by atoms with van der Waals surface area (Å²) in [4.78, 5) is 1.66. The maximum absolute atomic E-state index is 11.5. The Morgan fingerprint density at radius 1 is 1.33 bits per heavy atom. The molecule has 0 N–H and O–H groups in total. The van der Waals surface area contributed by atoms with Gasteiger partial charge < -0.3 is 0 Å². The number of sulfone groups is 1.